The zero-order valence-corrected chi connectivity index (χ0v) is 10.3. The molecular formula is C13H15N3O2. The van der Waals surface area contributed by atoms with Crippen molar-refractivity contribution in [3.05, 3.63) is 41.9 Å². The van der Waals surface area contributed by atoms with Gasteiger partial charge in [0, 0.05) is 24.8 Å². The molecule has 0 fully saturated rings. The maximum Gasteiger partial charge on any atom is 0.290 e. The van der Waals surface area contributed by atoms with Crippen LogP contribution in [-0.2, 0) is 13.1 Å². The van der Waals surface area contributed by atoms with Crippen molar-refractivity contribution in [1.82, 2.24) is 14.5 Å². The molecule has 0 aliphatic carbocycles. The Morgan fingerprint density at radius 3 is 3.11 bits per heavy atom. The van der Waals surface area contributed by atoms with Crippen molar-refractivity contribution in [2.24, 2.45) is 0 Å². The molecule has 2 aromatic rings. The second kappa shape index (κ2) is 4.33. The summed E-state index contributed by atoms with van der Waals surface area (Å²) < 4.78 is 7.38. The van der Waals surface area contributed by atoms with E-state index in [9.17, 15) is 4.79 Å². The minimum absolute atomic E-state index is 0.0350. The molecule has 0 aromatic carbocycles. The number of aromatic nitrogens is 2. The highest BCUT2D eigenvalue weighted by Crippen LogP contribution is 2.17. The Balaban J connectivity index is 1.85. The number of hydrogen-bond acceptors (Lipinski definition) is 3. The van der Waals surface area contributed by atoms with Gasteiger partial charge < -0.3 is 13.9 Å². The molecule has 0 atom stereocenters. The van der Waals surface area contributed by atoms with Gasteiger partial charge in [-0.25, -0.2) is 4.98 Å². The van der Waals surface area contributed by atoms with Gasteiger partial charge in [-0.1, -0.05) is 0 Å². The number of rotatable bonds is 1. The number of fused-ring (bicyclic) bond motifs is 1. The molecule has 3 heterocycles. The minimum atomic E-state index is -0.0350. The number of aryl methyl sites for hydroxylation is 2. The second-order valence-electron chi connectivity index (χ2n) is 4.59. The number of carbonyl (C=O) groups is 1. The Morgan fingerprint density at radius 1 is 1.44 bits per heavy atom. The fourth-order valence-corrected chi connectivity index (χ4v) is 2.30. The molecule has 94 valence electrons. The smallest absolute Gasteiger partial charge is 0.290 e. The Morgan fingerprint density at radius 2 is 2.33 bits per heavy atom. The van der Waals surface area contributed by atoms with Gasteiger partial charge >= 0.3 is 0 Å². The zero-order chi connectivity index (χ0) is 12.5. The van der Waals surface area contributed by atoms with Gasteiger partial charge in [0.2, 0.25) is 0 Å². The lowest BCUT2D eigenvalue weighted by atomic mass is 10.2. The van der Waals surface area contributed by atoms with Crippen molar-refractivity contribution in [2.75, 3.05) is 6.54 Å². The molecule has 1 aliphatic heterocycles. The molecule has 0 radical (unpaired) electrons. The Bertz CT molecular complexity index is 570. The molecule has 0 spiro atoms. The molecule has 5 heteroatoms. The first-order valence-corrected chi connectivity index (χ1v) is 6.08. The molecule has 0 saturated heterocycles. The van der Waals surface area contributed by atoms with E-state index in [1.807, 2.05) is 30.4 Å². The Labute approximate surface area is 105 Å². The quantitative estimate of drug-likeness (QED) is 0.770. The number of nitrogens with zero attached hydrogens (tertiary/aromatic N) is 3. The van der Waals surface area contributed by atoms with Crippen molar-refractivity contribution < 1.29 is 9.21 Å². The number of imidazole rings is 1. The van der Waals surface area contributed by atoms with Gasteiger partial charge in [0.05, 0.1) is 24.8 Å². The molecular weight excluding hydrogens is 230 g/mol. The first kappa shape index (κ1) is 11.1. The van der Waals surface area contributed by atoms with E-state index in [1.165, 1.54) is 0 Å². The van der Waals surface area contributed by atoms with E-state index in [1.54, 1.807) is 6.26 Å². The fraction of sp³-hybridized carbons (Fsp3) is 0.385. The van der Waals surface area contributed by atoms with Gasteiger partial charge in [0.25, 0.3) is 5.91 Å². The van der Waals surface area contributed by atoms with Gasteiger partial charge in [0.15, 0.2) is 5.76 Å². The maximum absolute atomic E-state index is 12.4. The largest absolute Gasteiger partial charge is 0.459 e. The first-order chi connectivity index (χ1) is 8.75. The van der Waals surface area contributed by atoms with Crippen LogP contribution in [0.3, 0.4) is 0 Å². The van der Waals surface area contributed by atoms with Gasteiger partial charge in [-0.3, -0.25) is 4.79 Å². The highest BCUT2D eigenvalue weighted by molar-refractivity contribution is 5.92. The van der Waals surface area contributed by atoms with Gasteiger partial charge in [-0.2, -0.15) is 0 Å². The first-order valence-electron chi connectivity index (χ1n) is 6.08. The summed E-state index contributed by atoms with van der Waals surface area (Å²) in [5, 5.41) is 0. The van der Waals surface area contributed by atoms with Crippen molar-refractivity contribution >= 4 is 5.91 Å². The van der Waals surface area contributed by atoms with Gasteiger partial charge in [-0.05, 0) is 19.4 Å². The van der Waals surface area contributed by atoms with E-state index in [0.717, 1.165) is 30.8 Å². The molecule has 1 aliphatic rings. The van der Waals surface area contributed by atoms with Crippen LogP contribution in [0, 0.1) is 6.92 Å². The minimum Gasteiger partial charge on any atom is -0.459 e. The standard InChI is InChI=1S/C13H15N3O2/c1-10-3-6-18-12(10)13(17)15-4-2-5-16-9-14-7-11(16)8-15/h3,6-7,9H,2,4-5,8H2,1H3. The van der Waals surface area contributed by atoms with Crippen LogP contribution in [0.5, 0.6) is 0 Å². The van der Waals surface area contributed by atoms with E-state index in [4.69, 9.17) is 4.42 Å². The summed E-state index contributed by atoms with van der Waals surface area (Å²) in [4.78, 5) is 18.3. The molecule has 0 saturated carbocycles. The summed E-state index contributed by atoms with van der Waals surface area (Å²) in [5.74, 6) is 0.412. The van der Waals surface area contributed by atoms with Crippen LogP contribution < -0.4 is 0 Å². The fourth-order valence-electron chi connectivity index (χ4n) is 2.30. The molecule has 0 N–H and O–H groups in total. The third-order valence-electron chi connectivity index (χ3n) is 3.32. The maximum atomic E-state index is 12.4. The lowest BCUT2D eigenvalue weighted by Gasteiger charge is -2.18. The monoisotopic (exact) mass is 245 g/mol. The summed E-state index contributed by atoms with van der Waals surface area (Å²) in [5.41, 5.74) is 1.96. The van der Waals surface area contributed by atoms with Crippen molar-refractivity contribution in [1.29, 1.82) is 0 Å². The highest BCUT2D eigenvalue weighted by Gasteiger charge is 2.23. The van der Waals surface area contributed by atoms with Crippen LogP contribution in [-0.4, -0.2) is 26.9 Å². The van der Waals surface area contributed by atoms with Crippen LogP contribution in [0.15, 0.2) is 29.3 Å². The summed E-state index contributed by atoms with van der Waals surface area (Å²) in [6, 6.07) is 1.81. The lowest BCUT2D eigenvalue weighted by Crippen LogP contribution is -2.30. The molecule has 0 unspecified atom stereocenters. The van der Waals surface area contributed by atoms with Crippen molar-refractivity contribution in [2.45, 2.75) is 26.4 Å². The average Bonchev–Trinajstić information content (AvgIpc) is 2.93. The predicted octanol–water partition coefficient (Wildman–Crippen LogP) is 1.83. The number of furan rings is 1. The third-order valence-corrected chi connectivity index (χ3v) is 3.32. The molecule has 3 rings (SSSR count). The summed E-state index contributed by atoms with van der Waals surface area (Å²) in [6.07, 6.45) is 6.14. The second-order valence-corrected chi connectivity index (χ2v) is 4.59. The SMILES string of the molecule is Cc1ccoc1C(=O)N1CCCn2cncc2C1. The molecule has 2 aromatic heterocycles. The van der Waals surface area contributed by atoms with Gasteiger partial charge in [-0.15, -0.1) is 0 Å². The van der Waals surface area contributed by atoms with Crippen molar-refractivity contribution in [3.8, 4) is 0 Å². The Kier molecular flexibility index (Phi) is 2.66. The molecule has 18 heavy (non-hydrogen) atoms. The van der Waals surface area contributed by atoms with E-state index in [-0.39, 0.29) is 5.91 Å². The summed E-state index contributed by atoms with van der Waals surface area (Å²) in [6.45, 7) is 4.15. The molecule has 5 nitrogen and oxygen atoms in total. The number of hydrogen-bond donors (Lipinski definition) is 0. The van der Waals surface area contributed by atoms with Crippen molar-refractivity contribution in [3.63, 3.8) is 0 Å². The van der Waals surface area contributed by atoms with Gasteiger partial charge in [0.1, 0.15) is 0 Å². The van der Waals surface area contributed by atoms with E-state index >= 15 is 0 Å². The normalized spacial score (nSPS) is 15.3. The number of carbonyl (C=O) groups excluding carboxylic acids is 1. The zero-order valence-electron chi connectivity index (χ0n) is 10.3. The lowest BCUT2D eigenvalue weighted by molar-refractivity contribution is 0.0712. The third kappa shape index (κ3) is 1.81. The van der Waals surface area contributed by atoms with E-state index < -0.39 is 0 Å². The average molecular weight is 245 g/mol. The summed E-state index contributed by atoms with van der Waals surface area (Å²) in [7, 11) is 0. The van der Waals surface area contributed by atoms with Crippen LogP contribution in [0.1, 0.15) is 28.2 Å². The summed E-state index contributed by atoms with van der Waals surface area (Å²) >= 11 is 0. The van der Waals surface area contributed by atoms with E-state index in [0.29, 0.717) is 12.3 Å². The van der Waals surface area contributed by atoms with E-state index in [2.05, 4.69) is 9.55 Å². The number of amides is 1. The molecule has 1 amide bonds. The molecule has 0 bridgehead atoms. The highest BCUT2D eigenvalue weighted by atomic mass is 16.3. The topological polar surface area (TPSA) is 51.3 Å². The van der Waals surface area contributed by atoms with Crippen LogP contribution in [0.25, 0.3) is 0 Å². The van der Waals surface area contributed by atoms with Crippen LogP contribution >= 0.6 is 0 Å². The van der Waals surface area contributed by atoms with Crippen LogP contribution in [0.4, 0.5) is 0 Å². The van der Waals surface area contributed by atoms with Crippen LogP contribution in [0.2, 0.25) is 0 Å². The Hall–Kier alpha value is -2.04. The predicted molar refractivity (Wildman–Crippen MR) is 65.0 cm³/mol.